The number of anilines is 1. The molecule has 2 aliphatic carbocycles. The molecule has 0 bridgehead atoms. The number of rotatable bonds is 2. The van der Waals surface area contributed by atoms with Crippen molar-refractivity contribution in [2.45, 2.75) is 63.8 Å². The minimum Gasteiger partial charge on any atom is -0.360 e. The molecule has 1 aromatic heterocycles. The van der Waals surface area contributed by atoms with Crippen molar-refractivity contribution >= 4 is 33.9 Å². The number of nitrogens with one attached hydrogen (secondary N) is 2. The smallest absolute Gasteiger partial charge is 0.171 e. The summed E-state index contributed by atoms with van der Waals surface area (Å²) in [6.45, 7) is 0. The van der Waals surface area contributed by atoms with Crippen molar-refractivity contribution in [3.8, 4) is 0 Å². The van der Waals surface area contributed by atoms with Crippen LogP contribution in [0.1, 0.15) is 56.2 Å². The molecule has 0 aliphatic heterocycles. The van der Waals surface area contributed by atoms with E-state index in [4.69, 9.17) is 17.2 Å². The Morgan fingerprint density at radius 2 is 1.79 bits per heavy atom. The van der Waals surface area contributed by atoms with Gasteiger partial charge < -0.3 is 10.6 Å². The zero-order valence-corrected chi connectivity index (χ0v) is 14.9. The Labute approximate surface area is 149 Å². The van der Waals surface area contributed by atoms with E-state index in [0.717, 1.165) is 23.5 Å². The molecule has 1 saturated carbocycles. The van der Waals surface area contributed by atoms with Crippen molar-refractivity contribution in [1.82, 2.24) is 10.3 Å². The van der Waals surface area contributed by atoms with Gasteiger partial charge in [0.25, 0.3) is 0 Å². The minimum atomic E-state index is 0.530. The number of fused-ring (bicyclic) bond motifs is 2. The summed E-state index contributed by atoms with van der Waals surface area (Å²) in [4.78, 5) is 4.90. The predicted molar refractivity (Wildman–Crippen MR) is 105 cm³/mol. The van der Waals surface area contributed by atoms with Gasteiger partial charge in [-0.2, -0.15) is 0 Å². The number of aryl methyl sites for hydroxylation is 1. The number of aromatic nitrogens is 1. The Balaban J connectivity index is 1.63. The molecule has 4 heteroatoms. The fourth-order valence-electron chi connectivity index (χ4n) is 4.10. The van der Waals surface area contributed by atoms with Crippen molar-refractivity contribution in [2.75, 3.05) is 5.32 Å². The maximum atomic E-state index is 5.64. The lowest BCUT2D eigenvalue weighted by Crippen LogP contribution is -2.39. The van der Waals surface area contributed by atoms with E-state index in [1.54, 1.807) is 0 Å². The van der Waals surface area contributed by atoms with Crippen LogP contribution in [0.15, 0.2) is 24.3 Å². The van der Waals surface area contributed by atoms with Gasteiger partial charge in [-0.05, 0) is 62.4 Å². The third-order valence-corrected chi connectivity index (χ3v) is 5.57. The van der Waals surface area contributed by atoms with Gasteiger partial charge in [-0.25, -0.2) is 0 Å². The van der Waals surface area contributed by atoms with Gasteiger partial charge in [-0.3, -0.25) is 4.98 Å². The molecule has 0 unspecified atom stereocenters. The van der Waals surface area contributed by atoms with Crippen LogP contribution in [-0.4, -0.2) is 16.1 Å². The van der Waals surface area contributed by atoms with Crippen LogP contribution >= 0.6 is 12.2 Å². The van der Waals surface area contributed by atoms with Crippen LogP contribution in [0.25, 0.3) is 10.9 Å². The predicted octanol–water partition coefficient (Wildman–Crippen LogP) is 4.73. The molecule has 2 N–H and O–H groups in total. The Kier molecular flexibility index (Phi) is 4.65. The lowest BCUT2D eigenvalue weighted by Gasteiger charge is -2.26. The van der Waals surface area contributed by atoms with Crippen molar-refractivity contribution in [2.24, 2.45) is 0 Å². The normalized spacial score (nSPS) is 18.2. The highest BCUT2D eigenvalue weighted by molar-refractivity contribution is 7.80. The number of para-hydroxylation sites is 1. The molecule has 1 aromatic carbocycles. The van der Waals surface area contributed by atoms with Gasteiger partial charge in [0.15, 0.2) is 5.11 Å². The van der Waals surface area contributed by atoms with Crippen molar-refractivity contribution in [3.05, 3.63) is 35.5 Å². The largest absolute Gasteiger partial charge is 0.360 e. The molecule has 0 saturated heterocycles. The van der Waals surface area contributed by atoms with Gasteiger partial charge in [-0.1, -0.05) is 37.5 Å². The molecule has 4 rings (SSSR count). The maximum absolute atomic E-state index is 5.64. The quantitative estimate of drug-likeness (QED) is 0.776. The van der Waals surface area contributed by atoms with E-state index in [1.807, 2.05) is 0 Å². The van der Waals surface area contributed by atoms with E-state index in [0.29, 0.717) is 6.04 Å². The number of nitrogens with zero attached hydrogens (tertiary/aromatic N) is 1. The van der Waals surface area contributed by atoms with Gasteiger partial charge in [0.2, 0.25) is 0 Å². The highest BCUT2D eigenvalue weighted by Gasteiger charge is 2.20. The zero-order valence-electron chi connectivity index (χ0n) is 14.1. The molecule has 0 atom stereocenters. The van der Waals surface area contributed by atoms with E-state index in [2.05, 4.69) is 34.9 Å². The van der Waals surface area contributed by atoms with Gasteiger partial charge >= 0.3 is 0 Å². The SMILES string of the molecule is S=C(Nc1c2c(nc3ccccc13)CCCC2)NC1CCCCC1. The van der Waals surface area contributed by atoms with Crippen LogP contribution in [0, 0.1) is 0 Å². The molecule has 3 nitrogen and oxygen atoms in total. The molecule has 1 fully saturated rings. The van der Waals surface area contributed by atoms with Crippen LogP contribution in [0.4, 0.5) is 5.69 Å². The number of pyridine rings is 1. The highest BCUT2D eigenvalue weighted by atomic mass is 32.1. The summed E-state index contributed by atoms with van der Waals surface area (Å²) in [7, 11) is 0. The summed E-state index contributed by atoms with van der Waals surface area (Å²) in [6, 6.07) is 8.94. The molecular weight excluding hydrogens is 314 g/mol. The van der Waals surface area contributed by atoms with E-state index < -0.39 is 0 Å². The average molecular weight is 340 g/mol. The van der Waals surface area contributed by atoms with Crippen LogP contribution < -0.4 is 10.6 Å². The summed E-state index contributed by atoms with van der Waals surface area (Å²) in [6.07, 6.45) is 11.1. The molecular formula is C20H25N3S. The molecule has 0 spiro atoms. The van der Waals surface area contributed by atoms with E-state index in [9.17, 15) is 0 Å². The second kappa shape index (κ2) is 7.06. The lowest BCUT2D eigenvalue weighted by atomic mass is 9.92. The van der Waals surface area contributed by atoms with Gasteiger partial charge in [0.05, 0.1) is 11.2 Å². The van der Waals surface area contributed by atoms with Gasteiger partial charge in [-0.15, -0.1) is 0 Å². The lowest BCUT2D eigenvalue weighted by molar-refractivity contribution is 0.415. The van der Waals surface area contributed by atoms with Crippen molar-refractivity contribution in [1.29, 1.82) is 0 Å². The third-order valence-electron chi connectivity index (χ3n) is 5.35. The van der Waals surface area contributed by atoms with Crippen molar-refractivity contribution < 1.29 is 0 Å². The number of hydrogen-bond donors (Lipinski definition) is 2. The molecule has 0 radical (unpaired) electrons. The Bertz CT molecular complexity index is 750. The first-order valence-corrected chi connectivity index (χ1v) is 9.70. The number of hydrogen-bond acceptors (Lipinski definition) is 2. The second-order valence-electron chi connectivity index (χ2n) is 7.07. The number of thiocarbonyl (C=S) groups is 1. The zero-order chi connectivity index (χ0) is 16.4. The summed E-state index contributed by atoms with van der Waals surface area (Å²) >= 11 is 5.64. The summed E-state index contributed by atoms with van der Waals surface area (Å²) in [5.74, 6) is 0. The molecule has 2 aromatic rings. The van der Waals surface area contributed by atoms with Gasteiger partial charge in [0.1, 0.15) is 0 Å². The summed E-state index contributed by atoms with van der Waals surface area (Å²) in [5, 5.41) is 9.03. The van der Waals surface area contributed by atoms with Crippen LogP contribution in [-0.2, 0) is 12.8 Å². The monoisotopic (exact) mass is 339 g/mol. The van der Waals surface area contributed by atoms with Crippen LogP contribution in [0.2, 0.25) is 0 Å². The first-order chi connectivity index (χ1) is 11.8. The first-order valence-electron chi connectivity index (χ1n) is 9.29. The summed E-state index contributed by atoms with van der Waals surface area (Å²) < 4.78 is 0. The maximum Gasteiger partial charge on any atom is 0.171 e. The molecule has 126 valence electrons. The van der Waals surface area contributed by atoms with E-state index in [-0.39, 0.29) is 0 Å². The average Bonchev–Trinajstić information content (AvgIpc) is 2.62. The summed E-state index contributed by atoms with van der Waals surface area (Å²) in [5.41, 5.74) is 4.88. The molecule has 24 heavy (non-hydrogen) atoms. The fourth-order valence-corrected chi connectivity index (χ4v) is 4.37. The minimum absolute atomic E-state index is 0.530. The van der Waals surface area contributed by atoms with E-state index in [1.165, 1.54) is 67.3 Å². The van der Waals surface area contributed by atoms with Crippen LogP contribution in [0.3, 0.4) is 0 Å². The standard InChI is InChI=1S/C20H25N3S/c24-20(21-14-8-2-1-3-9-14)23-19-15-10-4-6-12-17(15)22-18-13-7-5-11-16(18)19/h4,6,10,12,14H,1-3,5,7-9,11,13H2,(H2,21,22,23,24). The fraction of sp³-hybridized carbons (Fsp3) is 0.500. The Morgan fingerprint density at radius 3 is 2.67 bits per heavy atom. The topological polar surface area (TPSA) is 37.0 Å². The van der Waals surface area contributed by atoms with Gasteiger partial charge in [0, 0.05) is 17.1 Å². The molecule has 0 amide bonds. The molecule has 1 heterocycles. The number of benzene rings is 1. The van der Waals surface area contributed by atoms with E-state index >= 15 is 0 Å². The second-order valence-corrected chi connectivity index (χ2v) is 7.48. The third kappa shape index (κ3) is 3.25. The Morgan fingerprint density at radius 1 is 1.00 bits per heavy atom. The van der Waals surface area contributed by atoms with Crippen LogP contribution in [0.5, 0.6) is 0 Å². The Hall–Kier alpha value is -1.68. The van der Waals surface area contributed by atoms with Crippen molar-refractivity contribution in [3.63, 3.8) is 0 Å². The first kappa shape index (κ1) is 15.8. The highest BCUT2D eigenvalue weighted by Crippen LogP contribution is 2.33. The molecule has 2 aliphatic rings.